The number of hydrogen-bond acceptors (Lipinski definition) is 7. The number of ether oxygens (including phenoxy) is 1. The van der Waals surface area contributed by atoms with Gasteiger partial charge in [-0.25, -0.2) is 9.97 Å². The van der Waals surface area contributed by atoms with Gasteiger partial charge in [0.25, 0.3) is 5.91 Å². The molecule has 3 rings (SSSR count). The first-order chi connectivity index (χ1) is 11.6. The summed E-state index contributed by atoms with van der Waals surface area (Å²) >= 11 is 4.53. The normalized spacial score (nSPS) is 10.6. The third-order valence-electron chi connectivity index (χ3n) is 3.23. The van der Waals surface area contributed by atoms with Crippen molar-refractivity contribution in [3.8, 4) is 16.3 Å². The van der Waals surface area contributed by atoms with Gasteiger partial charge in [-0.15, -0.1) is 23.1 Å². The first kappa shape index (κ1) is 16.9. The number of amides is 1. The fraction of sp³-hybridized carbons (Fsp3) is 0.188. The van der Waals surface area contributed by atoms with Gasteiger partial charge in [0.1, 0.15) is 16.5 Å². The van der Waals surface area contributed by atoms with Crippen molar-refractivity contribution in [1.29, 1.82) is 0 Å². The van der Waals surface area contributed by atoms with Crippen LogP contribution >= 0.6 is 34.4 Å². The van der Waals surface area contributed by atoms with Gasteiger partial charge in [0.2, 0.25) is 0 Å². The zero-order chi connectivity index (χ0) is 17.1. The second kappa shape index (κ2) is 7.33. The summed E-state index contributed by atoms with van der Waals surface area (Å²) in [6.07, 6.45) is 1.99. The minimum atomic E-state index is -0.243. The van der Waals surface area contributed by atoms with Crippen LogP contribution in [0.4, 0.5) is 5.13 Å². The molecule has 0 saturated heterocycles. The average Bonchev–Trinajstić information content (AvgIpc) is 3.21. The van der Waals surface area contributed by atoms with Crippen molar-refractivity contribution in [2.75, 3.05) is 18.7 Å². The molecule has 0 fully saturated rings. The highest BCUT2D eigenvalue weighted by atomic mass is 32.2. The van der Waals surface area contributed by atoms with E-state index in [-0.39, 0.29) is 5.91 Å². The van der Waals surface area contributed by atoms with E-state index in [9.17, 15) is 4.79 Å². The second-order valence-electron chi connectivity index (χ2n) is 4.82. The molecule has 5 nitrogen and oxygen atoms in total. The van der Waals surface area contributed by atoms with Crippen LogP contribution in [0.1, 0.15) is 16.2 Å². The number of carbonyl (C=O) groups is 1. The van der Waals surface area contributed by atoms with Crippen molar-refractivity contribution >= 4 is 45.5 Å². The van der Waals surface area contributed by atoms with E-state index in [1.54, 1.807) is 24.3 Å². The van der Waals surface area contributed by atoms with Gasteiger partial charge in [0.15, 0.2) is 5.13 Å². The van der Waals surface area contributed by atoms with E-state index in [4.69, 9.17) is 4.74 Å². The average molecular weight is 378 g/mol. The zero-order valence-electron chi connectivity index (χ0n) is 13.3. The summed E-state index contributed by atoms with van der Waals surface area (Å²) in [6, 6.07) is 7.60. The first-order valence-electron chi connectivity index (χ1n) is 7.03. The molecule has 3 aromatic rings. The van der Waals surface area contributed by atoms with E-state index in [2.05, 4.69) is 15.3 Å². The van der Waals surface area contributed by atoms with E-state index >= 15 is 0 Å². The molecule has 0 spiro atoms. The van der Waals surface area contributed by atoms with Gasteiger partial charge in [0, 0.05) is 10.9 Å². The number of anilines is 1. The van der Waals surface area contributed by atoms with Crippen LogP contribution in [0.25, 0.3) is 10.6 Å². The molecule has 8 heteroatoms. The summed E-state index contributed by atoms with van der Waals surface area (Å²) in [4.78, 5) is 21.1. The Morgan fingerprint density at radius 3 is 2.62 bits per heavy atom. The molecule has 0 aliphatic rings. The van der Waals surface area contributed by atoms with Crippen molar-refractivity contribution in [3.05, 3.63) is 41.0 Å². The zero-order valence-corrected chi connectivity index (χ0v) is 15.8. The lowest BCUT2D eigenvalue weighted by Gasteiger charge is -2.00. The van der Waals surface area contributed by atoms with E-state index in [1.165, 1.54) is 22.7 Å². The van der Waals surface area contributed by atoms with Crippen LogP contribution in [-0.2, 0) is 0 Å². The fourth-order valence-electron chi connectivity index (χ4n) is 2.03. The number of nitrogens with zero attached hydrogens (tertiary/aromatic N) is 2. The fourth-order valence-corrected chi connectivity index (χ4v) is 4.44. The molecule has 1 N–H and O–H groups in total. The third kappa shape index (κ3) is 3.61. The number of carbonyl (C=O) groups excluding carboxylic acids is 1. The lowest BCUT2D eigenvalue weighted by Crippen LogP contribution is -2.12. The Balaban J connectivity index is 1.75. The monoisotopic (exact) mass is 377 g/mol. The van der Waals surface area contributed by atoms with E-state index in [0.717, 1.165) is 26.2 Å². The van der Waals surface area contributed by atoms with Crippen LogP contribution in [-0.4, -0.2) is 29.2 Å². The topological polar surface area (TPSA) is 64.1 Å². The Bertz CT molecular complexity index is 856. The maximum atomic E-state index is 12.3. The Hall–Kier alpha value is -1.90. The van der Waals surface area contributed by atoms with Crippen LogP contribution in [0.2, 0.25) is 0 Å². The molecular formula is C16H15N3O2S3. The summed E-state index contributed by atoms with van der Waals surface area (Å²) in [6.45, 7) is 1.93. The van der Waals surface area contributed by atoms with Gasteiger partial charge < -0.3 is 4.74 Å². The molecule has 1 aromatic carbocycles. The van der Waals surface area contributed by atoms with Gasteiger partial charge in [-0.05, 0) is 37.4 Å². The molecule has 2 heterocycles. The highest BCUT2D eigenvalue weighted by Crippen LogP contribution is 2.31. The number of aromatic nitrogens is 2. The molecule has 0 radical (unpaired) electrons. The number of thioether (sulfide) groups is 1. The van der Waals surface area contributed by atoms with Gasteiger partial charge in [-0.3, -0.25) is 10.1 Å². The van der Waals surface area contributed by atoms with Crippen molar-refractivity contribution in [2.24, 2.45) is 0 Å². The Labute approximate surface area is 152 Å². The predicted molar refractivity (Wildman–Crippen MR) is 101 cm³/mol. The molecule has 0 atom stereocenters. The van der Waals surface area contributed by atoms with Crippen LogP contribution in [0.15, 0.2) is 33.9 Å². The Morgan fingerprint density at radius 2 is 2.00 bits per heavy atom. The number of rotatable bonds is 5. The SMILES string of the molecule is COc1ccc(-c2nc(C(=O)Nc3nc(C)c(SC)s3)cs2)cc1. The van der Waals surface area contributed by atoms with E-state index in [1.807, 2.05) is 37.4 Å². The van der Waals surface area contributed by atoms with Gasteiger partial charge in [-0.2, -0.15) is 0 Å². The lowest BCUT2D eigenvalue weighted by atomic mass is 10.2. The van der Waals surface area contributed by atoms with Crippen molar-refractivity contribution < 1.29 is 9.53 Å². The summed E-state index contributed by atoms with van der Waals surface area (Å²) in [5.41, 5.74) is 2.28. The highest BCUT2D eigenvalue weighted by molar-refractivity contribution is 8.00. The van der Waals surface area contributed by atoms with Gasteiger partial charge in [0.05, 0.1) is 17.0 Å². The molecule has 0 saturated carbocycles. The van der Waals surface area contributed by atoms with E-state index in [0.29, 0.717) is 10.8 Å². The summed E-state index contributed by atoms with van der Waals surface area (Å²) in [5, 5.41) is 5.96. The third-order valence-corrected chi connectivity index (χ3v) is 6.41. The molecule has 124 valence electrons. The second-order valence-corrected chi connectivity index (χ2v) is 7.75. The molecular weight excluding hydrogens is 362 g/mol. The number of benzene rings is 1. The van der Waals surface area contributed by atoms with E-state index < -0.39 is 0 Å². The largest absolute Gasteiger partial charge is 0.497 e. The number of nitrogens with one attached hydrogen (secondary N) is 1. The Morgan fingerprint density at radius 1 is 1.25 bits per heavy atom. The molecule has 1 amide bonds. The minimum absolute atomic E-state index is 0.243. The van der Waals surface area contributed by atoms with Crippen molar-refractivity contribution in [2.45, 2.75) is 11.1 Å². The van der Waals surface area contributed by atoms with Crippen LogP contribution in [0.5, 0.6) is 5.75 Å². The summed E-state index contributed by atoms with van der Waals surface area (Å²) in [5.74, 6) is 0.546. The maximum absolute atomic E-state index is 12.3. The van der Waals surface area contributed by atoms with Crippen molar-refractivity contribution in [3.63, 3.8) is 0 Å². The molecule has 2 aromatic heterocycles. The maximum Gasteiger partial charge on any atom is 0.276 e. The highest BCUT2D eigenvalue weighted by Gasteiger charge is 2.15. The number of methoxy groups -OCH3 is 1. The summed E-state index contributed by atoms with van der Waals surface area (Å²) < 4.78 is 6.25. The molecule has 0 aliphatic heterocycles. The number of thiazole rings is 2. The minimum Gasteiger partial charge on any atom is -0.497 e. The van der Waals surface area contributed by atoms with Gasteiger partial charge >= 0.3 is 0 Å². The lowest BCUT2D eigenvalue weighted by molar-refractivity contribution is 0.102. The predicted octanol–water partition coefficient (Wildman–Crippen LogP) is 4.56. The van der Waals surface area contributed by atoms with Crippen LogP contribution in [0, 0.1) is 6.92 Å². The quantitative estimate of drug-likeness (QED) is 0.661. The molecule has 0 aliphatic carbocycles. The smallest absolute Gasteiger partial charge is 0.276 e. The van der Waals surface area contributed by atoms with Crippen LogP contribution < -0.4 is 10.1 Å². The van der Waals surface area contributed by atoms with Crippen LogP contribution in [0.3, 0.4) is 0 Å². The molecule has 0 unspecified atom stereocenters. The Kier molecular flexibility index (Phi) is 5.17. The first-order valence-corrected chi connectivity index (χ1v) is 9.95. The summed E-state index contributed by atoms with van der Waals surface area (Å²) in [7, 11) is 1.63. The molecule has 24 heavy (non-hydrogen) atoms. The molecule has 0 bridgehead atoms. The van der Waals surface area contributed by atoms with Gasteiger partial charge in [-0.1, -0.05) is 11.3 Å². The van der Waals surface area contributed by atoms with Crippen molar-refractivity contribution in [1.82, 2.24) is 9.97 Å². The number of aryl methyl sites for hydroxylation is 1. The number of hydrogen-bond donors (Lipinski definition) is 1. The standard InChI is InChI=1S/C16H15N3O2S3/c1-9-15(22-3)24-16(17-9)19-13(20)12-8-23-14(18-12)10-4-6-11(21-2)7-5-10/h4-8H,1-3H3,(H,17,19,20).